The molecule has 0 bridgehead atoms. The molecule has 0 aliphatic rings. The molecule has 1 aromatic carbocycles. The molecule has 8 heteroatoms. The minimum Gasteiger partial charge on any atom is -0.478 e. The van der Waals surface area contributed by atoms with Crippen LogP contribution in [0.15, 0.2) is 18.2 Å². The fourth-order valence-electron chi connectivity index (χ4n) is 1.15. The van der Waals surface area contributed by atoms with Crippen LogP contribution in [0, 0.1) is 5.82 Å². The lowest BCUT2D eigenvalue weighted by Crippen LogP contribution is -2.01. The first kappa shape index (κ1) is 11.0. The number of tetrazole rings is 1. The number of hydrogen-bond acceptors (Lipinski definition) is 5. The third-order valence-corrected chi connectivity index (χ3v) is 1.96. The molecule has 0 saturated heterocycles. The van der Waals surface area contributed by atoms with E-state index in [2.05, 4.69) is 15.5 Å². The second-order valence-corrected chi connectivity index (χ2v) is 3.13. The average Bonchev–Trinajstić information content (AvgIpc) is 2.64. The summed E-state index contributed by atoms with van der Waals surface area (Å²) in [6.45, 7) is 0. The van der Waals surface area contributed by atoms with Crippen molar-refractivity contribution in [2.24, 2.45) is 7.05 Å². The second-order valence-electron chi connectivity index (χ2n) is 3.13. The van der Waals surface area contributed by atoms with Crippen LogP contribution in [0.1, 0.15) is 10.4 Å². The molecule has 0 spiro atoms. The maximum atomic E-state index is 13.3. The van der Waals surface area contributed by atoms with E-state index >= 15 is 0 Å². The minimum absolute atomic E-state index is 0.0764. The molecule has 2 rings (SSSR count). The van der Waals surface area contributed by atoms with Crippen LogP contribution in [-0.4, -0.2) is 31.3 Å². The van der Waals surface area contributed by atoms with Crippen molar-refractivity contribution in [1.82, 2.24) is 20.2 Å². The van der Waals surface area contributed by atoms with Crippen molar-refractivity contribution in [3.63, 3.8) is 0 Å². The number of carboxylic acids is 1. The Kier molecular flexibility index (Phi) is 2.69. The molecule has 0 fully saturated rings. The van der Waals surface area contributed by atoms with E-state index in [9.17, 15) is 9.18 Å². The largest absolute Gasteiger partial charge is 0.478 e. The van der Waals surface area contributed by atoms with Crippen molar-refractivity contribution in [1.29, 1.82) is 0 Å². The molecule has 0 saturated carbocycles. The molecule has 0 atom stereocenters. The minimum atomic E-state index is -1.34. The van der Waals surface area contributed by atoms with Crippen LogP contribution in [0.2, 0.25) is 0 Å². The summed E-state index contributed by atoms with van der Waals surface area (Å²) >= 11 is 0. The Labute approximate surface area is 94.4 Å². The van der Waals surface area contributed by atoms with Crippen LogP contribution < -0.4 is 4.74 Å². The SMILES string of the molecule is Cn1nnnc1Oc1ccc(C(=O)O)c(F)c1. The van der Waals surface area contributed by atoms with Crippen molar-refractivity contribution >= 4 is 5.97 Å². The fraction of sp³-hybridized carbons (Fsp3) is 0.111. The zero-order valence-corrected chi connectivity index (χ0v) is 8.66. The van der Waals surface area contributed by atoms with Crippen LogP contribution in [0.5, 0.6) is 11.8 Å². The van der Waals surface area contributed by atoms with E-state index in [0.717, 1.165) is 12.1 Å². The number of benzene rings is 1. The van der Waals surface area contributed by atoms with Crippen LogP contribution >= 0.6 is 0 Å². The first-order chi connectivity index (χ1) is 8.08. The molecular formula is C9H7FN4O3. The summed E-state index contributed by atoms with van der Waals surface area (Å²) in [5.41, 5.74) is -0.423. The quantitative estimate of drug-likeness (QED) is 0.852. The molecule has 0 radical (unpaired) electrons. The number of aryl methyl sites for hydroxylation is 1. The van der Waals surface area contributed by atoms with Gasteiger partial charge in [-0.2, -0.15) is 4.68 Å². The Morgan fingerprint density at radius 3 is 2.82 bits per heavy atom. The van der Waals surface area contributed by atoms with Gasteiger partial charge in [0.15, 0.2) is 0 Å². The number of rotatable bonds is 3. The molecule has 1 aromatic heterocycles. The van der Waals surface area contributed by atoms with E-state index in [1.54, 1.807) is 7.05 Å². The Bertz CT molecular complexity index is 569. The lowest BCUT2D eigenvalue weighted by atomic mass is 10.2. The van der Waals surface area contributed by atoms with Gasteiger partial charge in [0.25, 0.3) is 0 Å². The molecule has 1 heterocycles. The van der Waals surface area contributed by atoms with Crippen molar-refractivity contribution in [3.8, 4) is 11.8 Å². The summed E-state index contributed by atoms with van der Waals surface area (Å²) in [4.78, 5) is 10.6. The smallest absolute Gasteiger partial charge is 0.340 e. The maximum absolute atomic E-state index is 13.3. The third-order valence-electron chi connectivity index (χ3n) is 1.96. The predicted octanol–water partition coefficient (Wildman–Crippen LogP) is 0.840. The van der Waals surface area contributed by atoms with Crippen molar-refractivity contribution in [3.05, 3.63) is 29.6 Å². The van der Waals surface area contributed by atoms with E-state index in [-0.39, 0.29) is 11.8 Å². The Hall–Kier alpha value is -2.51. The summed E-state index contributed by atoms with van der Waals surface area (Å²) in [7, 11) is 1.55. The molecular weight excluding hydrogens is 231 g/mol. The Morgan fingerprint density at radius 1 is 1.53 bits per heavy atom. The Morgan fingerprint density at radius 2 is 2.29 bits per heavy atom. The number of ether oxygens (including phenoxy) is 1. The number of carbonyl (C=O) groups is 1. The number of carboxylic acid groups (broad SMARTS) is 1. The average molecular weight is 238 g/mol. The number of nitrogens with zero attached hydrogens (tertiary/aromatic N) is 4. The van der Waals surface area contributed by atoms with Gasteiger partial charge in [0, 0.05) is 13.1 Å². The highest BCUT2D eigenvalue weighted by atomic mass is 19.1. The molecule has 0 aliphatic carbocycles. The van der Waals surface area contributed by atoms with Gasteiger partial charge < -0.3 is 9.84 Å². The topological polar surface area (TPSA) is 90.1 Å². The molecule has 88 valence electrons. The van der Waals surface area contributed by atoms with Crippen LogP contribution in [0.25, 0.3) is 0 Å². The van der Waals surface area contributed by atoms with Crippen LogP contribution in [-0.2, 0) is 7.05 Å². The summed E-state index contributed by atoms with van der Waals surface area (Å²) in [6.07, 6.45) is 0. The number of aromatic carboxylic acids is 1. The van der Waals surface area contributed by atoms with Gasteiger partial charge in [-0.25, -0.2) is 9.18 Å². The van der Waals surface area contributed by atoms with E-state index in [0.29, 0.717) is 0 Å². The lowest BCUT2D eigenvalue weighted by molar-refractivity contribution is 0.0692. The summed E-state index contributed by atoms with van der Waals surface area (Å²) in [5.74, 6) is -2.11. The van der Waals surface area contributed by atoms with E-state index < -0.39 is 17.3 Å². The highest BCUT2D eigenvalue weighted by molar-refractivity contribution is 5.88. The molecule has 7 nitrogen and oxygen atoms in total. The Balaban J connectivity index is 2.27. The van der Waals surface area contributed by atoms with Gasteiger partial charge in [0.05, 0.1) is 5.56 Å². The monoisotopic (exact) mass is 238 g/mol. The third kappa shape index (κ3) is 2.19. The number of hydrogen-bond donors (Lipinski definition) is 1. The summed E-state index contributed by atoms with van der Waals surface area (Å²) < 4.78 is 19.7. The molecule has 2 aromatic rings. The maximum Gasteiger partial charge on any atom is 0.340 e. The van der Waals surface area contributed by atoms with Gasteiger partial charge in [-0.15, -0.1) is 0 Å². The predicted molar refractivity (Wildman–Crippen MR) is 52.2 cm³/mol. The van der Waals surface area contributed by atoms with Gasteiger partial charge in [0.2, 0.25) is 0 Å². The van der Waals surface area contributed by atoms with Crippen molar-refractivity contribution < 1.29 is 19.0 Å². The van der Waals surface area contributed by atoms with E-state index in [1.165, 1.54) is 10.7 Å². The summed E-state index contributed by atoms with van der Waals surface area (Å²) in [5, 5.41) is 19.0. The lowest BCUT2D eigenvalue weighted by Gasteiger charge is -2.04. The van der Waals surface area contributed by atoms with Crippen molar-refractivity contribution in [2.45, 2.75) is 0 Å². The highest BCUT2D eigenvalue weighted by Crippen LogP contribution is 2.21. The standard InChI is InChI=1S/C9H7FN4O3/c1-14-9(11-12-13-14)17-5-2-3-6(8(15)16)7(10)4-5/h2-4H,1H3,(H,15,16). The first-order valence-corrected chi connectivity index (χ1v) is 4.51. The van der Waals surface area contributed by atoms with Crippen LogP contribution in [0.3, 0.4) is 0 Å². The van der Waals surface area contributed by atoms with Gasteiger partial charge in [0.1, 0.15) is 11.6 Å². The normalized spacial score (nSPS) is 10.2. The number of halogens is 1. The van der Waals surface area contributed by atoms with Gasteiger partial charge in [-0.05, 0) is 22.6 Å². The van der Waals surface area contributed by atoms with Gasteiger partial charge in [-0.3, -0.25) is 0 Å². The van der Waals surface area contributed by atoms with Crippen LogP contribution in [0.4, 0.5) is 4.39 Å². The molecule has 0 aliphatic heterocycles. The molecule has 0 amide bonds. The second kappa shape index (κ2) is 4.16. The van der Waals surface area contributed by atoms with Gasteiger partial charge in [-0.1, -0.05) is 5.10 Å². The zero-order chi connectivity index (χ0) is 12.4. The molecule has 1 N–H and O–H groups in total. The zero-order valence-electron chi connectivity index (χ0n) is 8.66. The highest BCUT2D eigenvalue weighted by Gasteiger charge is 2.12. The number of aromatic nitrogens is 4. The van der Waals surface area contributed by atoms with Crippen molar-refractivity contribution in [2.75, 3.05) is 0 Å². The summed E-state index contributed by atoms with van der Waals surface area (Å²) in [6, 6.07) is 3.46. The van der Waals surface area contributed by atoms with E-state index in [4.69, 9.17) is 9.84 Å². The molecule has 17 heavy (non-hydrogen) atoms. The fourth-order valence-corrected chi connectivity index (χ4v) is 1.15. The molecule has 0 unspecified atom stereocenters. The van der Waals surface area contributed by atoms with Gasteiger partial charge >= 0.3 is 12.0 Å². The first-order valence-electron chi connectivity index (χ1n) is 4.51. The van der Waals surface area contributed by atoms with E-state index in [1.807, 2.05) is 0 Å².